The second-order valence-corrected chi connectivity index (χ2v) is 6.95. The standard InChI is InChI=1S/C20H22FN5O/c21-15-3-1-13(2-4-15)19(22)20(27)26-9-7-16(8-10-26)24-17-5-6-18-14(11-17)12-23-25-18/h1-6,11-12,16,19,24H,7-10,22H2,(H,23,25). The maximum Gasteiger partial charge on any atom is 0.244 e. The fourth-order valence-corrected chi connectivity index (χ4v) is 3.52. The van der Waals surface area contributed by atoms with E-state index >= 15 is 0 Å². The third-order valence-electron chi connectivity index (χ3n) is 5.11. The number of benzene rings is 2. The largest absolute Gasteiger partial charge is 0.382 e. The van der Waals surface area contributed by atoms with Crippen molar-refractivity contribution in [2.24, 2.45) is 5.73 Å². The number of hydrogen-bond donors (Lipinski definition) is 3. The molecular weight excluding hydrogens is 345 g/mol. The van der Waals surface area contributed by atoms with Gasteiger partial charge in [-0.05, 0) is 48.7 Å². The number of amides is 1. The number of rotatable bonds is 4. The zero-order chi connectivity index (χ0) is 18.8. The Kier molecular flexibility index (Phi) is 4.77. The molecule has 0 bridgehead atoms. The quantitative estimate of drug-likeness (QED) is 0.662. The lowest BCUT2D eigenvalue weighted by atomic mass is 10.0. The molecule has 2 heterocycles. The van der Waals surface area contributed by atoms with Crippen molar-refractivity contribution in [3.8, 4) is 0 Å². The van der Waals surface area contributed by atoms with Crippen LogP contribution in [0.25, 0.3) is 10.9 Å². The number of nitrogens with two attached hydrogens (primary N) is 1. The molecular formula is C20H22FN5O. The summed E-state index contributed by atoms with van der Waals surface area (Å²) < 4.78 is 13.0. The third kappa shape index (κ3) is 3.78. The molecule has 1 amide bonds. The number of halogens is 1. The molecule has 27 heavy (non-hydrogen) atoms. The number of anilines is 1. The summed E-state index contributed by atoms with van der Waals surface area (Å²) in [5, 5.41) is 11.6. The molecule has 6 nitrogen and oxygen atoms in total. The molecule has 1 aliphatic rings. The van der Waals surface area contributed by atoms with Gasteiger partial charge < -0.3 is 16.0 Å². The molecule has 140 valence electrons. The van der Waals surface area contributed by atoms with Gasteiger partial charge in [0.15, 0.2) is 0 Å². The van der Waals surface area contributed by atoms with E-state index < -0.39 is 6.04 Å². The monoisotopic (exact) mass is 367 g/mol. The van der Waals surface area contributed by atoms with Gasteiger partial charge in [0.05, 0.1) is 11.7 Å². The first-order valence-electron chi connectivity index (χ1n) is 9.09. The van der Waals surface area contributed by atoms with Crippen LogP contribution in [-0.2, 0) is 4.79 Å². The Morgan fingerprint density at radius 2 is 1.96 bits per heavy atom. The Bertz CT molecular complexity index is 931. The smallest absolute Gasteiger partial charge is 0.244 e. The summed E-state index contributed by atoms with van der Waals surface area (Å²) in [5.74, 6) is -0.446. The number of aromatic nitrogens is 2. The van der Waals surface area contributed by atoms with Gasteiger partial charge in [0.2, 0.25) is 5.91 Å². The molecule has 0 aliphatic carbocycles. The lowest BCUT2D eigenvalue weighted by molar-refractivity contribution is -0.133. The maximum absolute atomic E-state index is 13.0. The second-order valence-electron chi connectivity index (χ2n) is 6.95. The number of nitrogens with zero attached hydrogens (tertiary/aromatic N) is 2. The van der Waals surface area contributed by atoms with Crippen molar-refractivity contribution in [3.05, 3.63) is 60.0 Å². The van der Waals surface area contributed by atoms with E-state index in [1.54, 1.807) is 23.2 Å². The lowest BCUT2D eigenvalue weighted by Gasteiger charge is -2.34. The Morgan fingerprint density at radius 1 is 1.22 bits per heavy atom. The summed E-state index contributed by atoms with van der Waals surface area (Å²) in [6, 6.07) is 11.5. The SMILES string of the molecule is NC(C(=O)N1CCC(Nc2ccc3[nH]ncc3c2)CC1)c1ccc(F)cc1. The summed E-state index contributed by atoms with van der Waals surface area (Å²) in [4.78, 5) is 14.4. The predicted octanol–water partition coefficient (Wildman–Crippen LogP) is 2.80. The molecule has 3 aromatic rings. The van der Waals surface area contributed by atoms with Gasteiger partial charge in [0, 0.05) is 30.2 Å². The van der Waals surface area contributed by atoms with Crippen LogP contribution in [0.4, 0.5) is 10.1 Å². The zero-order valence-electron chi connectivity index (χ0n) is 14.9. The zero-order valence-corrected chi connectivity index (χ0v) is 14.9. The van der Waals surface area contributed by atoms with Gasteiger partial charge in [0.1, 0.15) is 11.9 Å². The van der Waals surface area contributed by atoms with Crippen molar-refractivity contribution >= 4 is 22.5 Å². The number of hydrogen-bond acceptors (Lipinski definition) is 4. The third-order valence-corrected chi connectivity index (χ3v) is 5.11. The van der Waals surface area contributed by atoms with Gasteiger partial charge in [-0.15, -0.1) is 0 Å². The highest BCUT2D eigenvalue weighted by Gasteiger charge is 2.27. The molecule has 0 saturated carbocycles. The number of fused-ring (bicyclic) bond motifs is 1. The summed E-state index contributed by atoms with van der Waals surface area (Å²) in [5.41, 5.74) is 8.78. The van der Waals surface area contributed by atoms with Gasteiger partial charge >= 0.3 is 0 Å². The van der Waals surface area contributed by atoms with Gasteiger partial charge in [-0.25, -0.2) is 4.39 Å². The van der Waals surface area contributed by atoms with Gasteiger partial charge in [0.25, 0.3) is 0 Å². The molecule has 1 atom stereocenters. The summed E-state index contributed by atoms with van der Waals surface area (Å²) >= 11 is 0. The minimum Gasteiger partial charge on any atom is -0.382 e. The van der Waals surface area contributed by atoms with Crippen molar-refractivity contribution in [3.63, 3.8) is 0 Å². The van der Waals surface area contributed by atoms with Crippen molar-refractivity contribution < 1.29 is 9.18 Å². The molecule has 1 unspecified atom stereocenters. The fraction of sp³-hybridized carbons (Fsp3) is 0.300. The molecule has 0 radical (unpaired) electrons. The average Bonchev–Trinajstić information content (AvgIpc) is 3.16. The summed E-state index contributed by atoms with van der Waals surface area (Å²) in [6.45, 7) is 1.30. The Morgan fingerprint density at radius 3 is 2.70 bits per heavy atom. The predicted molar refractivity (Wildman–Crippen MR) is 103 cm³/mol. The van der Waals surface area contributed by atoms with Gasteiger partial charge in [-0.2, -0.15) is 5.10 Å². The van der Waals surface area contributed by atoms with Crippen LogP contribution >= 0.6 is 0 Å². The number of likely N-dealkylation sites (tertiary alicyclic amines) is 1. The van der Waals surface area contributed by atoms with Crippen LogP contribution in [0.15, 0.2) is 48.7 Å². The van der Waals surface area contributed by atoms with E-state index in [-0.39, 0.29) is 11.7 Å². The number of carbonyl (C=O) groups is 1. The van der Waals surface area contributed by atoms with Crippen LogP contribution in [-0.4, -0.2) is 40.1 Å². The molecule has 4 rings (SSSR count). The van der Waals surface area contributed by atoms with Crippen molar-refractivity contribution in [2.75, 3.05) is 18.4 Å². The first kappa shape index (κ1) is 17.5. The number of aromatic amines is 1. The van der Waals surface area contributed by atoms with Gasteiger partial charge in [-0.1, -0.05) is 12.1 Å². The summed E-state index contributed by atoms with van der Waals surface area (Å²) in [6.07, 6.45) is 3.51. The van der Waals surface area contributed by atoms with Crippen LogP contribution in [0.2, 0.25) is 0 Å². The van der Waals surface area contributed by atoms with Crippen LogP contribution in [0, 0.1) is 5.82 Å². The van der Waals surface area contributed by atoms with E-state index in [0.29, 0.717) is 24.7 Å². The minimum atomic E-state index is -0.751. The van der Waals surface area contributed by atoms with Crippen molar-refractivity contribution in [1.29, 1.82) is 0 Å². The van der Waals surface area contributed by atoms with E-state index in [4.69, 9.17) is 5.73 Å². The fourth-order valence-electron chi connectivity index (χ4n) is 3.52. The van der Waals surface area contributed by atoms with E-state index in [2.05, 4.69) is 21.6 Å². The number of H-pyrrole nitrogens is 1. The molecule has 4 N–H and O–H groups in total. The van der Waals surface area contributed by atoms with Crippen LogP contribution in [0.1, 0.15) is 24.4 Å². The van der Waals surface area contributed by atoms with E-state index in [1.807, 2.05) is 12.1 Å². The normalized spacial score (nSPS) is 16.4. The van der Waals surface area contributed by atoms with Crippen molar-refractivity contribution in [2.45, 2.75) is 24.9 Å². The topological polar surface area (TPSA) is 87.0 Å². The molecule has 0 spiro atoms. The van der Waals surface area contributed by atoms with Crippen LogP contribution in [0.5, 0.6) is 0 Å². The Balaban J connectivity index is 1.33. The van der Waals surface area contributed by atoms with Crippen LogP contribution < -0.4 is 11.1 Å². The summed E-state index contributed by atoms with van der Waals surface area (Å²) in [7, 11) is 0. The average molecular weight is 367 g/mol. The highest BCUT2D eigenvalue weighted by Crippen LogP contribution is 2.22. The number of carbonyl (C=O) groups excluding carboxylic acids is 1. The minimum absolute atomic E-state index is 0.111. The Labute approximate surface area is 156 Å². The molecule has 1 aliphatic heterocycles. The van der Waals surface area contributed by atoms with E-state index in [1.165, 1.54) is 12.1 Å². The number of nitrogens with one attached hydrogen (secondary N) is 2. The molecule has 1 aromatic heterocycles. The second kappa shape index (κ2) is 7.36. The highest BCUT2D eigenvalue weighted by molar-refractivity contribution is 5.83. The van der Waals surface area contributed by atoms with E-state index in [9.17, 15) is 9.18 Å². The molecule has 7 heteroatoms. The van der Waals surface area contributed by atoms with Crippen molar-refractivity contribution in [1.82, 2.24) is 15.1 Å². The first-order valence-corrected chi connectivity index (χ1v) is 9.09. The number of piperidine rings is 1. The highest BCUT2D eigenvalue weighted by atomic mass is 19.1. The van der Waals surface area contributed by atoms with Crippen LogP contribution in [0.3, 0.4) is 0 Å². The molecule has 1 saturated heterocycles. The lowest BCUT2D eigenvalue weighted by Crippen LogP contribution is -2.45. The Hall–Kier alpha value is -2.93. The van der Waals surface area contributed by atoms with Gasteiger partial charge in [-0.3, -0.25) is 9.89 Å². The maximum atomic E-state index is 13.0. The first-order chi connectivity index (χ1) is 13.1. The van der Waals surface area contributed by atoms with E-state index in [0.717, 1.165) is 29.4 Å². The molecule has 1 fully saturated rings. The molecule has 2 aromatic carbocycles.